The summed E-state index contributed by atoms with van der Waals surface area (Å²) in [5, 5.41) is 2.79. The summed E-state index contributed by atoms with van der Waals surface area (Å²) in [5.41, 5.74) is 0.259. The van der Waals surface area contributed by atoms with Crippen LogP contribution in [-0.2, 0) is 9.05 Å². The first-order valence-corrected chi connectivity index (χ1v) is 9.25. The zero-order chi connectivity index (χ0) is 15.5. The van der Waals surface area contributed by atoms with Gasteiger partial charge in [-0.3, -0.25) is 4.79 Å². The van der Waals surface area contributed by atoms with Crippen LogP contribution in [0.15, 0.2) is 27.6 Å². The average molecular weight is 383 g/mol. The van der Waals surface area contributed by atoms with Gasteiger partial charge in [-0.2, -0.15) is 0 Å². The van der Waals surface area contributed by atoms with Crippen molar-refractivity contribution in [2.75, 3.05) is 6.54 Å². The Labute approximate surface area is 132 Å². The molecule has 0 saturated heterocycles. The van der Waals surface area contributed by atoms with Gasteiger partial charge in [0.1, 0.15) is 0 Å². The summed E-state index contributed by atoms with van der Waals surface area (Å²) in [5.74, 6) is 0.472. The van der Waals surface area contributed by atoms with Crippen LogP contribution in [0.1, 0.15) is 31.1 Å². The molecule has 1 atom stereocenters. The van der Waals surface area contributed by atoms with Gasteiger partial charge in [0, 0.05) is 27.3 Å². The first-order valence-electron chi connectivity index (χ1n) is 6.14. The molecule has 1 unspecified atom stereocenters. The van der Waals surface area contributed by atoms with Crippen LogP contribution in [0.3, 0.4) is 0 Å². The van der Waals surface area contributed by atoms with E-state index in [0.717, 1.165) is 0 Å². The lowest BCUT2D eigenvalue weighted by molar-refractivity contribution is 0.0944. The number of carbonyl (C=O) groups excluding carboxylic acids is 1. The molecule has 0 aliphatic carbocycles. The van der Waals surface area contributed by atoms with E-state index in [4.69, 9.17) is 10.7 Å². The molecular weight excluding hydrogens is 366 g/mol. The lowest BCUT2D eigenvalue weighted by Gasteiger charge is -2.16. The molecule has 0 bridgehead atoms. The fourth-order valence-electron chi connectivity index (χ4n) is 1.43. The zero-order valence-corrected chi connectivity index (χ0v) is 14.6. The second-order valence-corrected chi connectivity index (χ2v) is 8.53. The molecule has 0 aromatic heterocycles. The molecule has 0 fully saturated rings. The van der Waals surface area contributed by atoms with Gasteiger partial charge in [-0.05, 0) is 30.0 Å². The number of carbonyl (C=O) groups is 1. The Morgan fingerprint density at radius 1 is 1.30 bits per heavy atom. The predicted molar refractivity (Wildman–Crippen MR) is 83.5 cm³/mol. The van der Waals surface area contributed by atoms with E-state index in [1.807, 2.05) is 6.92 Å². The van der Waals surface area contributed by atoms with Crippen LogP contribution in [0.5, 0.6) is 0 Å². The van der Waals surface area contributed by atoms with Gasteiger partial charge in [0.15, 0.2) is 0 Å². The lowest BCUT2D eigenvalue weighted by atomic mass is 9.98. The number of nitrogens with one attached hydrogen (secondary N) is 1. The van der Waals surface area contributed by atoms with Crippen LogP contribution in [0.25, 0.3) is 0 Å². The highest BCUT2D eigenvalue weighted by Gasteiger charge is 2.16. The van der Waals surface area contributed by atoms with Crippen molar-refractivity contribution in [2.45, 2.75) is 25.7 Å². The number of hydrogen-bond donors (Lipinski definition) is 1. The summed E-state index contributed by atoms with van der Waals surface area (Å²) in [6, 6.07) is 4.18. The van der Waals surface area contributed by atoms with Crippen LogP contribution in [0.2, 0.25) is 0 Å². The molecule has 0 aliphatic heterocycles. The first-order chi connectivity index (χ1) is 9.11. The third-order valence-corrected chi connectivity index (χ3v) is 4.93. The molecule has 1 N–H and O–H groups in total. The maximum absolute atomic E-state index is 12.0. The van der Waals surface area contributed by atoms with Crippen LogP contribution in [0, 0.1) is 11.8 Å². The highest BCUT2D eigenvalue weighted by atomic mass is 79.9. The lowest BCUT2D eigenvalue weighted by Crippen LogP contribution is -2.30. The highest BCUT2D eigenvalue weighted by molar-refractivity contribution is 9.10. The Morgan fingerprint density at radius 2 is 1.90 bits per heavy atom. The number of amides is 1. The number of hydrogen-bond acceptors (Lipinski definition) is 3. The van der Waals surface area contributed by atoms with Gasteiger partial charge in [0.25, 0.3) is 15.0 Å². The maximum Gasteiger partial charge on any atom is 0.261 e. The smallest absolute Gasteiger partial charge is 0.261 e. The normalized spacial score (nSPS) is 13.3. The van der Waals surface area contributed by atoms with Crippen molar-refractivity contribution in [2.24, 2.45) is 11.8 Å². The molecule has 20 heavy (non-hydrogen) atoms. The minimum atomic E-state index is -3.86. The summed E-state index contributed by atoms with van der Waals surface area (Å²) in [6.07, 6.45) is 0. The van der Waals surface area contributed by atoms with E-state index in [1.54, 1.807) is 6.07 Å². The molecule has 112 valence electrons. The van der Waals surface area contributed by atoms with Gasteiger partial charge in [0.2, 0.25) is 0 Å². The van der Waals surface area contributed by atoms with E-state index in [0.29, 0.717) is 22.9 Å². The Balaban J connectivity index is 2.92. The molecule has 0 saturated carbocycles. The molecule has 0 heterocycles. The predicted octanol–water partition coefficient (Wildman–Crippen LogP) is 3.40. The largest absolute Gasteiger partial charge is 0.352 e. The molecule has 7 heteroatoms. The molecule has 1 aromatic rings. The highest BCUT2D eigenvalue weighted by Crippen LogP contribution is 2.22. The van der Waals surface area contributed by atoms with Crippen LogP contribution in [-0.4, -0.2) is 20.9 Å². The Hall–Kier alpha value is -0.590. The van der Waals surface area contributed by atoms with Crippen molar-refractivity contribution >= 4 is 41.6 Å². The van der Waals surface area contributed by atoms with Crippen molar-refractivity contribution < 1.29 is 13.2 Å². The minimum Gasteiger partial charge on any atom is -0.352 e. The van der Waals surface area contributed by atoms with Gasteiger partial charge in [-0.25, -0.2) is 8.42 Å². The van der Waals surface area contributed by atoms with Crippen molar-refractivity contribution in [1.82, 2.24) is 5.32 Å². The van der Waals surface area contributed by atoms with Crippen molar-refractivity contribution in [3.05, 3.63) is 28.2 Å². The molecule has 0 aliphatic rings. The second-order valence-electron chi connectivity index (χ2n) is 5.04. The van der Waals surface area contributed by atoms with Crippen LogP contribution < -0.4 is 5.32 Å². The van der Waals surface area contributed by atoms with Gasteiger partial charge in [0.05, 0.1) is 4.90 Å². The van der Waals surface area contributed by atoms with Crippen molar-refractivity contribution in [3.8, 4) is 0 Å². The average Bonchev–Trinajstić information content (AvgIpc) is 2.33. The van der Waals surface area contributed by atoms with E-state index < -0.39 is 9.05 Å². The van der Waals surface area contributed by atoms with Crippen LogP contribution >= 0.6 is 26.6 Å². The first kappa shape index (κ1) is 17.5. The Kier molecular flexibility index (Phi) is 6.04. The van der Waals surface area contributed by atoms with Crippen molar-refractivity contribution in [1.29, 1.82) is 0 Å². The quantitative estimate of drug-likeness (QED) is 0.794. The third-order valence-electron chi connectivity index (χ3n) is 3.14. The summed E-state index contributed by atoms with van der Waals surface area (Å²) < 4.78 is 23.1. The van der Waals surface area contributed by atoms with E-state index in [2.05, 4.69) is 35.1 Å². The minimum absolute atomic E-state index is 0.101. The van der Waals surface area contributed by atoms with Gasteiger partial charge < -0.3 is 5.32 Å². The van der Waals surface area contributed by atoms with Gasteiger partial charge in [-0.1, -0.05) is 36.7 Å². The van der Waals surface area contributed by atoms with Crippen LogP contribution in [0.4, 0.5) is 0 Å². The second kappa shape index (κ2) is 6.91. The molecule has 4 nitrogen and oxygen atoms in total. The summed E-state index contributed by atoms with van der Waals surface area (Å²) in [7, 11) is 1.43. The fraction of sp³-hybridized carbons (Fsp3) is 0.462. The van der Waals surface area contributed by atoms with Gasteiger partial charge in [-0.15, -0.1) is 0 Å². The van der Waals surface area contributed by atoms with E-state index in [9.17, 15) is 13.2 Å². The standard InChI is InChI=1S/C13H17BrClNO3S/c1-8(2)9(3)7-16-13(17)10-4-11(14)6-12(5-10)20(15,18)19/h4-6,8-9H,7H2,1-3H3,(H,16,17). The molecular formula is C13H17BrClNO3S. The number of benzene rings is 1. The van der Waals surface area contributed by atoms with E-state index in [-0.39, 0.29) is 16.4 Å². The monoisotopic (exact) mass is 381 g/mol. The molecule has 0 spiro atoms. The molecule has 1 aromatic carbocycles. The SMILES string of the molecule is CC(C)C(C)CNC(=O)c1cc(Br)cc(S(=O)(=O)Cl)c1. The topological polar surface area (TPSA) is 63.2 Å². The Morgan fingerprint density at radius 3 is 2.40 bits per heavy atom. The molecule has 1 amide bonds. The van der Waals surface area contributed by atoms with E-state index >= 15 is 0 Å². The fourth-order valence-corrected chi connectivity index (χ4v) is 2.87. The summed E-state index contributed by atoms with van der Waals surface area (Å²) in [6.45, 7) is 6.73. The summed E-state index contributed by atoms with van der Waals surface area (Å²) in [4.78, 5) is 11.9. The van der Waals surface area contributed by atoms with E-state index in [1.165, 1.54) is 12.1 Å². The van der Waals surface area contributed by atoms with Gasteiger partial charge >= 0.3 is 0 Å². The number of rotatable bonds is 5. The number of halogens is 2. The zero-order valence-electron chi connectivity index (χ0n) is 11.5. The summed E-state index contributed by atoms with van der Waals surface area (Å²) >= 11 is 3.17. The molecule has 1 rings (SSSR count). The van der Waals surface area contributed by atoms with Crippen molar-refractivity contribution in [3.63, 3.8) is 0 Å². The molecule has 0 radical (unpaired) electrons. The Bertz CT molecular complexity index is 602. The third kappa shape index (κ3) is 5.07. The maximum atomic E-state index is 12.0.